The molecule has 0 aliphatic rings. The topological polar surface area (TPSA) is 53.1 Å². The van der Waals surface area contributed by atoms with E-state index >= 15 is 0 Å². The molecule has 1 aromatic heterocycles. The van der Waals surface area contributed by atoms with Crippen LogP contribution in [-0.2, 0) is 6.61 Å². The summed E-state index contributed by atoms with van der Waals surface area (Å²) < 4.78 is 0. The molecule has 2 N–H and O–H groups in total. The van der Waals surface area contributed by atoms with Crippen LogP contribution in [0, 0.1) is 0 Å². The average molecular weight is 251 g/mol. The van der Waals surface area contributed by atoms with E-state index in [9.17, 15) is 4.79 Å². The molecule has 19 heavy (non-hydrogen) atoms. The van der Waals surface area contributed by atoms with Crippen LogP contribution in [0.4, 0.5) is 0 Å². The second-order valence-corrected chi connectivity index (χ2v) is 4.45. The van der Waals surface area contributed by atoms with E-state index in [1.54, 1.807) is 18.2 Å². The number of pyridine rings is 1. The zero-order valence-corrected chi connectivity index (χ0v) is 10.3. The molecule has 2 aromatic carbocycles. The van der Waals surface area contributed by atoms with Crippen LogP contribution in [0.15, 0.2) is 59.4 Å². The summed E-state index contributed by atoms with van der Waals surface area (Å²) in [6.45, 7) is -0.0342. The molecule has 0 aliphatic heterocycles. The smallest absolute Gasteiger partial charge is 0.190 e. The Morgan fingerprint density at radius 2 is 1.79 bits per heavy atom. The van der Waals surface area contributed by atoms with Gasteiger partial charge >= 0.3 is 0 Å². The molecule has 3 heteroatoms. The third-order valence-corrected chi connectivity index (χ3v) is 3.16. The second kappa shape index (κ2) is 4.71. The molecule has 0 atom stereocenters. The summed E-state index contributed by atoms with van der Waals surface area (Å²) in [4.78, 5) is 15.3. The molecule has 1 heterocycles. The van der Waals surface area contributed by atoms with Crippen molar-refractivity contribution in [3.05, 3.63) is 70.4 Å². The van der Waals surface area contributed by atoms with Gasteiger partial charge in [0.05, 0.1) is 12.1 Å². The number of nitrogens with one attached hydrogen (secondary N) is 1. The number of H-pyrrole nitrogens is 1. The van der Waals surface area contributed by atoms with E-state index in [4.69, 9.17) is 5.11 Å². The molecule has 3 aromatic rings. The maximum Gasteiger partial charge on any atom is 0.190 e. The molecule has 0 spiro atoms. The van der Waals surface area contributed by atoms with Crippen LogP contribution in [-0.4, -0.2) is 10.1 Å². The Kier molecular flexibility index (Phi) is 2.89. The first-order chi connectivity index (χ1) is 9.28. The van der Waals surface area contributed by atoms with Gasteiger partial charge < -0.3 is 10.1 Å². The fourth-order valence-corrected chi connectivity index (χ4v) is 2.17. The van der Waals surface area contributed by atoms with Crippen molar-refractivity contribution in [2.45, 2.75) is 6.61 Å². The van der Waals surface area contributed by atoms with Crippen molar-refractivity contribution in [1.82, 2.24) is 4.98 Å². The van der Waals surface area contributed by atoms with E-state index in [0.29, 0.717) is 5.39 Å². The van der Waals surface area contributed by atoms with Crippen molar-refractivity contribution in [2.24, 2.45) is 0 Å². The fourth-order valence-electron chi connectivity index (χ4n) is 2.17. The number of hydrogen-bond donors (Lipinski definition) is 2. The largest absolute Gasteiger partial charge is 0.392 e. The summed E-state index contributed by atoms with van der Waals surface area (Å²) in [5, 5.41) is 9.80. The Labute approximate surface area is 110 Å². The molecule has 0 saturated carbocycles. The zero-order valence-electron chi connectivity index (χ0n) is 10.3. The fraction of sp³-hybridized carbons (Fsp3) is 0.0625. The first-order valence-electron chi connectivity index (χ1n) is 6.10. The molecule has 0 saturated heterocycles. The van der Waals surface area contributed by atoms with E-state index in [1.807, 2.05) is 36.4 Å². The Morgan fingerprint density at radius 3 is 2.53 bits per heavy atom. The van der Waals surface area contributed by atoms with Crippen molar-refractivity contribution in [2.75, 3.05) is 0 Å². The Balaban J connectivity index is 2.26. The van der Waals surface area contributed by atoms with E-state index in [-0.39, 0.29) is 12.0 Å². The molecule has 3 nitrogen and oxygen atoms in total. The number of fused-ring (bicyclic) bond motifs is 1. The van der Waals surface area contributed by atoms with Gasteiger partial charge in [-0.3, -0.25) is 4.79 Å². The van der Waals surface area contributed by atoms with Gasteiger partial charge in [0.25, 0.3) is 0 Å². The van der Waals surface area contributed by atoms with E-state index < -0.39 is 0 Å². The van der Waals surface area contributed by atoms with Crippen LogP contribution in [0.2, 0.25) is 0 Å². The first-order valence-corrected chi connectivity index (χ1v) is 6.10. The second-order valence-electron chi connectivity index (χ2n) is 4.45. The van der Waals surface area contributed by atoms with Crippen molar-refractivity contribution in [3.63, 3.8) is 0 Å². The lowest BCUT2D eigenvalue weighted by molar-refractivity contribution is 0.282. The average Bonchev–Trinajstić information content (AvgIpc) is 2.47. The number of benzene rings is 2. The Bertz CT molecular complexity index is 776. The maximum atomic E-state index is 12.1. The lowest BCUT2D eigenvalue weighted by Crippen LogP contribution is -2.03. The molecule has 0 amide bonds. The lowest BCUT2D eigenvalue weighted by Gasteiger charge is -2.05. The van der Waals surface area contributed by atoms with Crippen molar-refractivity contribution < 1.29 is 5.11 Å². The number of aliphatic hydroxyl groups is 1. The maximum absolute atomic E-state index is 12.1. The molecule has 0 radical (unpaired) electrons. The number of aliphatic hydroxyl groups excluding tert-OH is 1. The number of aromatic amines is 1. The van der Waals surface area contributed by atoms with Crippen molar-refractivity contribution in [1.29, 1.82) is 0 Å². The lowest BCUT2D eigenvalue weighted by atomic mass is 10.1. The van der Waals surface area contributed by atoms with Crippen LogP contribution < -0.4 is 5.43 Å². The summed E-state index contributed by atoms with van der Waals surface area (Å²) in [6, 6.07) is 16.6. The number of hydrogen-bond acceptors (Lipinski definition) is 2. The molecule has 3 rings (SSSR count). The summed E-state index contributed by atoms with van der Waals surface area (Å²) >= 11 is 0. The van der Waals surface area contributed by atoms with E-state index in [1.165, 1.54) is 0 Å². The van der Waals surface area contributed by atoms with Crippen molar-refractivity contribution >= 4 is 10.9 Å². The SMILES string of the molecule is O=c1cc(-c2ccccc2)[nH]c2cc(CO)ccc12. The van der Waals surface area contributed by atoms with Gasteiger partial charge in [0.2, 0.25) is 0 Å². The number of aromatic nitrogens is 1. The molecule has 94 valence electrons. The summed E-state index contributed by atoms with van der Waals surface area (Å²) in [7, 11) is 0. The minimum Gasteiger partial charge on any atom is -0.392 e. The zero-order chi connectivity index (χ0) is 13.2. The highest BCUT2D eigenvalue weighted by atomic mass is 16.3. The highest BCUT2D eigenvalue weighted by Crippen LogP contribution is 2.18. The molecule has 0 bridgehead atoms. The van der Waals surface area contributed by atoms with Crippen LogP contribution in [0.3, 0.4) is 0 Å². The van der Waals surface area contributed by atoms with Gasteiger partial charge in [-0.15, -0.1) is 0 Å². The van der Waals surface area contributed by atoms with Gasteiger partial charge in [0, 0.05) is 17.1 Å². The van der Waals surface area contributed by atoms with Gasteiger partial charge in [-0.1, -0.05) is 36.4 Å². The summed E-state index contributed by atoms with van der Waals surface area (Å²) in [6.07, 6.45) is 0. The first kappa shape index (κ1) is 11.7. The summed E-state index contributed by atoms with van der Waals surface area (Å²) in [5.74, 6) is 0. The van der Waals surface area contributed by atoms with Crippen LogP contribution in [0.5, 0.6) is 0 Å². The quantitative estimate of drug-likeness (QED) is 0.735. The molecular weight excluding hydrogens is 238 g/mol. The highest BCUT2D eigenvalue weighted by Gasteiger charge is 2.04. The van der Waals surface area contributed by atoms with Crippen molar-refractivity contribution in [3.8, 4) is 11.3 Å². The normalized spacial score (nSPS) is 10.8. The third-order valence-electron chi connectivity index (χ3n) is 3.16. The van der Waals surface area contributed by atoms with Gasteiger partial charge in [0.1, 0.15) is 0 Å². The van der Waals surface area contributed by atoms with Gasteiger partial charge in [0.15, 0.2) is 5.43 Å². The predicted molar refractivity (Wildman–Crippen MR) is 75.9 cm³/mol. The highest BCUT2D eigenvalue weighted by molar-refractivity contribution is 5.82. The molecular formula is C16H13NO2. The Hall–Kier alpha value is -2.39. The van der Waals surface area contributed by atoms with Crippen LogP contribution in [0.25, 0.3) is 22.2 Å². The van der Waals surface area contributed by atoms with Crippen LogP contribution in [0.1, 0.15) is 5.56 Å². The molecule has 0 aliphatic carbocycles. The monoisotopic (exact) mass is 251 g/mol. The van der Waals surface area contributed by atoms with Gasteiger partial charge in [-0.2, -0.15) is 0 Å². The standard InChI is InChI=1S/C16H13NO2/c18-10-11-6-7-13-15(8-11)17-14(9-16(13)19)12-4-2-1-3-5-12/h1-9,18H,10H2,(H,17,19). The van der Waals surface area contributed by atoms with Gasteiger partial charge in [-0.25, -0.2) is 0 Å². The molecule has 0 unspecified atom stereocenters. The number of rotatable bonds is 2. The summed E-state index contributed by atoms with van der Waals surface area (Å²) in [5.41, 5.74) is 3.27. The minimum atomic E-state index is -0.0342. The van der Waals surface area contributed by atoms with E-state index in [0.717, 1.165) is 22.3 Å². The van der Waals surface area contributed by atoms with E-state index in [2.05, 4.69) is 4.98 Å². The predicted octanol–water partition coefficient (Wildman–Crippen LogP) is 2.69. The van der Waals surface area contributed by atoms with Gasteiger partial charge in [-0.05, 0) is 23.3 Å². The third kappa shape index (κ3) is 2.16. The minimum absolute atomic E-state index is 0.0166. The molecule has 0 fully saturated rings. The Morgan fingerprint density at radius 1 is 1.00 bits per heavy atom. The van der Waals surface area contributed by atoms with Crippen LogP contribution >= 0.6 is 0 Å².